The fourth-order valence-electron chi connectivity index (χ4n) is 4.12. The van der Waals surface area contributed by atoms with E-state index in [1.54, 1.807) is 22.7 Å². The van der Waals surface area contributed by atoms with Gasteiger partial charge in [-0.25, -0.2) is 22.9 Å². The van der Waals surface area contributed by atoms with Crippen LogP contribution in [0.1, 0.15) is 22.9 Å². The fourth-order valence-corrected chi connectivity index (χ4v) is 4.12. The van der Waals surface area contributed by atoms with Gasteiger partial charge in [0, 0.05) is 48.3 Å². The number of imidazole rings is 1. The maximum Gasteiger partial charge on any atom is 0.404 e. The van der Waals surface area contributed by atoms with Crippen LogP contribution in [0, 0.1) is 17.5 Å². The number of benzene rings is 1. The largest absolute Gasteiger partial charge is 0.465 e. The lowest BCUT2D eigenvalue weighted by Gasteiger charge is -2.31. The molecule has 1 aliphatic carbocycles. The van der Waals surface area contributed by atoms with Crippen molar-refractivity contribution in [1.29, 1.82) is 0 Å². The van der Waals surface area contributed by atoms with Gasteiger partial charge in [0.05, 0.1) is 5.69 Å². The van der Waals surface area contributed by atoms with Gasteiger partial charge >= 0.3 is 6.09 Å². The zero-order chi connectivity index (χ0) is 21.7. The first-order chi connectivity index (χ1) is 14.9. The van der Waals surface area contributed by atoms with Crippen LogP contribution in [-0.2, 0) is 12.8 Å². The molecule has 2 atom stereocenters. The number of amides is 1. The van der Waals surface area contributed by atoms with Gasteiger partial charge in [-0.1, -0.05) is 0 Å². The molecular formula is C20H14F3N5O3. The van der Waals surface area contributed by atoms with E-state index in [4.69, 9.17) is 4.42 Å². The summed E-state index contributed by atoms with van der Waals surface area (Å²) in [6, 6.07) is 3.97. The van der Waals surface area contributed by atoms with Gasteiger partial charge in [0.25, 0.3) is 0 Å². The number of aromatic nitrogens is 4. The summed E-state index contributed by atoms with van der Waals surface area (Å²) in [5.74, 6) is -3.89. The molecule has 0 spiro atoms. The highest BCUT2D eigenvalue weighted by Crippen LogP contribution is 2.36. The molecule has 1 amide bonds. The number of fused-ring (bicyclic) bond motifs is 3. The topological polar surface area (TPSA) is 106 Å². The van der Waals surface area contributed by atoms with Gasteiger partial charge < -0.3 is 19.2 Å². The van der Waals surface area contributed by atoms with Crippen molar-refractivity contribution in [2.75, 3.05) is 0 Å². The molecule has 0 fully saturated rings. The van der Waals surface area contributed by atoms with E-state index < -0.39 is 35.5 Å². The van der Waals surface area contributed by atoms with Gasteiger partial charge in [-0.2, -0.15) is 0 Å². The average Bonchev–Trinajstić information content (AvgIpc) is 3.37. The Labute approximate surface area is 172 Å². The van der Waals surface area contributed by atoms with Gasteiger partial charge in [0.1, 0.15) is 11.5 Å². The first kappa shape index (κ1) is 19.1. The smallest absolute Gasteiger partial charge is 0.404 e. The normalized spacial score (nSPS) is 18.2. The van der Waals surface area contributed by atoms with Crippen LogP contribution in [-0.4, -0.2) is 36.8 Å². The summed E-state index contributed by atoms with van der Waals surface area (Å²) in [6.45, 7) is 0. The summed E-state index contributed by atoms with van der Waals surface area (Å²) >= 11 is 0. The van der Waals surface area contributed by atoms with E-state index in [-0.39, 0.29) is 18.4 Å². The van der Waals surface area contributed by atoms with Crippen molar-refractivity contribution in [3.63, 3.8) is 0 Å². The number of halogens is 3. The molecular weight excluding hydrogens is 415 g/mol. The quantitative estimate of drug-likeness (QED) is 0.484. The minimum atomic E-state index is -1.30. The number of carbonyl (C=O) groups is 1. The first-order valence-electron chi connectivity index (χ1n) is 9.31. The third kappa shape index (κ3) is 3.27. The highest BCUT2D eigenvalue weighted by atomic mass is 19.2. The number of nitrogens with one attached hydrogen (secondary N) is 1. The lowest BCUT2D eigenvalue weighted by molar-refractivity contribution is 0.186. The predicted octanol–water partition coefficient (Wildman–Crippen LogP) is 3.32. The van der Waals surface area contributed by atoms with Gasteiger partial charge in [-0.05, 0) is 23.8 Å². The molecule has 158 valence electrons. The molecule has 0 saturated heterocycles. The monoisotopic (exact) mass is 429 g/mol. The summed E-state index contributed by atoms with van der Waals surface area (Å²) in [5, 5.41) is 19.2. The Bertz CT molecular complexity index is 1310. The van der Waals surface area contributed by atoms with Crippen molar-refractivity contribution in [3.8, 4) is 11.5 Å². The van der Waals surface area contributed by atoms with E-state index in [1.807, 2.05) is 0 Å². The molecule has 31 heavy (non-hydrogen) atoms. The van der Waals surface area contributed by atoms with Gasteiger partial charge in [-0.3, -0.25) is 0 Å². The average molecular weight is 429 g/mol. The third-order valence-electron chi connectivity index (χ3n) is 5.48. The highest BCUT2D eigenvalue weighted by Gasteiger charge is 2.36. The second-order valence-electron chi connectivity index (χ2n) is 7.25. The molecule has 3 aromatic heterocycles. The van der Waals surface area contributed by atoms with Crippen molar-refractivity contribution >= 4 is 11.7 Å². The van der Waals surface area contributed by atoms with Crippen molar-refractivity contribution < 1.29 is 27.5 Å². The molecule has 3 heterocycles. The second-order valence-corrected chi connectivity index (χ2v) is 7.25. The predicted molar refractivity (Wildman–Crippen MR) is 99.9 cm³/mol. The Morgan fingerprint density at radius 2 is 1.97 bits per heavy atom. The standard InChI is InChI=1S/C20H14F3N5O3/c21-12-6-14(23)13(22)4-10(12)11-5-16-17(7-15(11)26-20(29)30)28-2-1-9(3-18(28)25-16)19-27-24-8-31-19/h1-4,6,8,11,15,26H,5,7H2,(H,29,30)/t11-,15+/m1/s1. The summed E-state index contributed by atoms with van der Waals surface area (Å²) in [6.07, 6.45) is 1.98. The summed E-state index contributed by atoms with van der Waals surface area (Å²) in [7, 11) is 0. The number of carboxylic acid groups (broad SMARTS) is 1. The van der Waals surface area contributed by atoms with Gasteiger partial charge in [0.2, 0.25) is 12.3 Å². The SMILES string of the molecule is O=C(O)N[C@H]1Cc2c(nc3cc(-c4nnco4)ccn23)C[C@@H]1c1cc(F)c(F)cc1F. The number of hydrogen-bond donors (Lipinski definition) is 2. The zero-order valence-corrected chi connectivity index (χ0v) is 15.7. The van der Waals surface area contributed by atoms with Crippen LogP contribution < -0.4 is 5.32 Å². The van der Waals surface area contributed by atoms with Crippen molar-refractivity contribution in [1.82, 2.24) is 24.9 Å². The molecule has 8 nitrogen and oxygen atoms in total. The highest BCUT2D eigenvalue weighted by molar-refractivity contribution is 5.65. The van der Waals surface area contributed by atoms with E-state index in [0.29, 0.717) is 28.9 Å². The third-order valence-corrected chi connectivity index (χ3v) is 5.48. The van der Waals surface area contributed by atoms with Crippen LogP contribution in [0.5, 0.6) is 0 Å². The maximum absolute atomic E-state index is 14.5. The van der Waals surface area contributed by atoms with Crippen LogP contribution >= 0.6 is 0 Å². The molecule has 0 saturated carbocycles. The Morgan fingerprint density at radius 3 is 2.71 bits per heavy atom. The summed E-state index contributed by atoms with van der Waals surface area (Å²) < 4.78 is 48.7. The Morgan fingerprint density at radius 1 is 1.16 bits per heavy atom. The lowest BCUT2D eigenvalue weighted by Crippen LogP contribution is -2.43. The number of pyridine rings is 1. The van der Waals surface area contributed by atoms with Crippen LogP contribution in [0.3, 0.4) is 0 Å². The minimum absolute atomic E-state index is 0.105. The molecule has 1 aliphatic rings. The van der Waals surface area contributed by atoms with Crippen LogP contribution in [0.15, 0.2) is 41.3 Å². The maximum atomic E-state index is 14.5. The van der Waals surface area contributed by atoms with E-state index in [1.165, 1.54) is 6.39 Å². The Kier molecular flexibility index (Phi) is 4.38. The molecule has 2 N–H and O–H groups in total. The second kappa shape index (κ2) is 7.11. The number of rotatable bonds is 3. The molecule has 0 bridgehead atoms. The van der Waals surface area contributed by atoms with Crippen LogP contribution in [0.2, 0.25) is 0 Å². The van der Waals surface area contributed by atoms with Gasteiger partial charge in [0.15, 0.2) is 11.6 Å². The van der Waals surface area contributed by atoms with E-state index >= 15 is 0 Å². The number of hydrogen-bond acceptors (Lipinski definition) is 5. The Balaban J connectivity index is 1.59. The molecule has 5 rings (SSSR count). The molecule has 0 unspecified atom stereocenters. The van der Waals surface area contributed by atoms with Gasteiger partial charge in [-0.15, -0.1) is 10.2 Å². The van der Waals surface area contributed by atoms with Crippen molar-refractivity contribution in [2.24, 2.45) is 0 Å². The molecule has 0 aliphatic heterocycles. The van der Waals surface area contributed by atoms with E-state index in [2.05, 4.69) is 20.5 Å². The molecule has 11 heteroatoms. The first-order valence-corrected chi connectivity index (χ1v) is 9.31. The fraction of sp³-hybridized carbons (Fsp3) is 0.200. The van der Waals surface area contributed by atoms with Crippen molar-refractivity contribution in [3.05, 3.63) is 71.3 Å². The van der Waals surface area contributed by atoms with E-state index in [9.17, 15) is 23.1 Å². The number of nitrogens with zero attached hydrogens (tertiary/aromatic N) is 4. The minimum Gasteiger partial charge on any atom is -0.465 e. The summed E-state index contributed by atoms with van der Waals surface area (Å²) in [5.41, 5.74) is 2.45. The van der Waals surface area contributed by atoms with Crippen molar-refractivity contribution in [2.45, 2.75) is 24.8 Å². The summed E-state index contributed by atoms with van der Waals surface area (Å²) in [4.78, 5) is 15.9. The zero-order valence-electron chi connectivity index (χ0n) is 15.7. The molecule has 4 aromatic rings. The van der Waals surface area contributed by atoms with E-state index in [0.717, 1.165) is 11.8 Å². The lowest BCUT2D eigenvalue weighted by atomic mass is 9.80. The van der Waals surface area contributed by atoms with Crippen LogP contribution in [0.25, 0.3) is 17.1 Å². The molecule has 1 aromatic carbocycles. The van der Waals surface area contributed by atoms with Crippen LogP contribution in [0.4, 0.5) is 18.0 Å². The Hall–Kier alpha value is -3.89. The molecule has 0 radical (unpaired) electrons.